The molecule has 2 aromatic rings. The molecule has 3 rings (SSSR count). The molecule has 24 heavy (non-hydrogen) atoms. The smallest absolute Gasteiger partial charge is 0.261 e. The highest BCUT2D eigenvalue weighted by atomic mass is 35.5. The lowest BCUT2D eigenvalue weighted by Crippen LogP contribution is -2.38. The average molecular weight is 341 g/mol. The van der Waals surface area contributed by atoms with Gasteiger partial charge in [0.15, 0.2) is 11.6 Å². The van der Waals surface area contributed by atoms with Crippen molar-refractivity contribution in [2.75, 3.05) is 13.1 Å². The van der Waals surface area contributed by atoms with Crippen molar-refractivity contribution in [2.45, 2.75) is 0 Å². The van der Waals surface area contributed by atoms with Crippen molar-refractivity contribution in [3.63, 3.8) is 0 Å². The molecule has 1 amide bonds. The van der Waals surface area contributed by atoms with Crippen molar-refractivity contribution >= 4 is 29.2 Å². The first-order valence-electron chi connectivity index (χ1n) is 7.19. The molecule has 0 unspecified atom stereocenters. The molecule has 0 fully saturated rings. The minimum absolute atomic E-state index is 0.0159. The number of nitrogens with zero attached hydrogens (tertiary/aromatic N) is 2. The number of aliphatic imine (C=N–C) groups is 1. The third-order valence-electron chi connectivity index (χ3n) is 3.53. The third-order valence-corrected chi connectivity index (χ3v) is 3.76. The molecule has 120 valence electrons. The maximum absolute atomic E-state index is 12.6. The molecule has 6 nitrogen and oxygen atoms in total. The highest BCUT2D eigenvalue weighted by molar-refractivity contribution is 6.31. The van der Waals surface area contributed by atoms with Gasteiger partial charge in [0.2, 0.25) is 0 Å². The molecule has 0 saturated heterocycles. The van der Waals surface area contributed by atoms with Crippen LogP contribution >= 0.6 is 11.6 Å². The number of guanidine groups is 1. The summed E-state index contributed by atoms with van der Waals surface area (Å²) in [5, 5.41) is 16.2. The van der Waals surface area contributed by atoms with Gasteiger partial charge in [0.25, 0.3) is 5.91 Å². The summed E-state index contributed by atoms with van der Waals surface area (Å²) in [5.74, 6) is -0.403. The van der Waals surface area contributed by atoms with Crippen LogP contribution in [-0.4, -0.2) is 30.1 Å². The number of amides is 1. The molecule has 0 aromatic heterocycles. The number of phenolic OH excluding ortho intramolecular Hbond substituents is 1. The van der Waals surface area contributed by atoms with Gasteiger partial charge >= 0.3 is 0 Å². The van der Waals surface area contributed by atoms with Crippen molar-refractivity contribution in [3.8, 4) is 16.9 Å². The molecule has 1 heterocycles. The third kappa shape index (κ3) is 3.03. The van der Waals surface area contributed by atoms with E-state index >= 15 is 0 Å². The summed E-state index contributed by atoms with van der Waals surface area (Å²) in [6.07, 6.45) is 0. The number of aromatic hydroxyl groups is 1. The maximum atomic E-state index is 12.6. The molecule has 7 heteroatoms. The highest BCUT2D eigenvalue weighted by Crippen LogP contribution is 2.39. The number of benzene rings is 2. The lowest BCUT2D eigenvalue weighted by molar-refractivity contribution is 0.0974. The Kier molecular flexibility index (Phi) is 4.36. The molecule has 1 aliphatic rings. The molecule has 3 N–H and O–H groups in total. The zero-order valence-electron chi connectivity index (χ0n) is 12.5. The standard InChI is InChI=1S/C17H13ClN4O2/c1-19-12-5-6-13(23)15(16(24)22-17-20-7-8-21-17)14(12)10-3-2-4-11(18)9-10/h2-6,9,23H,7-8H2,(H2,20,21,22,24). The summed E-state index contributed by atoms with van der Waals surface area (Å²) < 4.78 is 0. The quantitative estimate of drug-likeness (QED) is 0.735. The summed E-state index contributed by atoms with van der Waals surface area (Å²) in [6.45, 7) is 8.58. The Morgan fingerprint density at radius 3 is 2.88 bits per heavy atom. The van der Waals surface area contributed by atoms with Crippen LogP contribution in [0.2, 0.25) is 5.02 Å². The van der Waals surface area contributed by atoms with E-state index in [1.165, 1.54) is 12.1 Å². The van der Waals surface area contributed by atoms with Gasteiger partial charge in [-0.3, -0.25) is 15.1 Å². The van der Waals surface area contributed by atoms with Crippen LogP contribution in [0.5, 0.6) is 5.75 Å². The predicted octanol–water partition coefficient (Wildman–Crippen LogP) is 2.95. The zero-order chi connectivity index (χ0) is 17.1. The van der Waals surface area contributed by atoms with Crippen LogP contribution in [0.1, 0.15) is 10.4 Å². The Balaban J connectivity index is 2.14. The van der Waals surface area contributed by atoms with Crippen LogP contribution < -0.4 is 10.6 Å². The van der Waals surface area contributed by atoms with Gasteiger partial charge in [-0.2, -0.15) is 0 Å². The molecule has 0 spiro atoms. The second-order valence-corrected chi connectivity index (χ2v) is 5.52. The first kappa shape index (κ1) is 15.8. The molecule has 0 bridgehead atoms. The summed E-state index contributed by atoms with van der Waals surface area (Å²) in [4.78, 5) is 20.2. The van der Waals surface area contributed by atoms with E-state index in [4.69, 9.17) is 18.2 Å². The maximum Gasteiger partial charge on any atom is 0.261 e. The normalized spacial score (nSPS) is 12.9. The molecule has 0 radical (unpaired) electrons. The average Bonchev–Trinajstić information content (AvgIpc) is 3.07. The lowest BCUT2D eigenvalue weighted by Gasteiger charge is -2.14. The van der Waals surface area contributed by atoms with Crippen molar-refractivity contribution in [3.05, 3.63) is 58.4 Å². The number of halogens is 1. The first-order chi connectivity index (χ1) is 11.6. The number of carbonyl (C=O) groups is 1. The number of hydrogen-bond donors (Lipinski definition) is 3. The SMILES string of the molecule is [C-]#[N+]c1ccc(O)c(C(=O)NC2=NCCN2)c1-c1cccc(Cl)c1. The molecule has 0 aliphatic carbocycles. The predicted molar refractivity (Wildman–Crippen MR) is 92.6 cm³/mol. The number of carbonyl (C=O) groups excluding carboxylic acids is 1. The van der Waals surface area contributed by atoms with Crippen LogP contribution in [0.15, 0.2) is 41.4 Å². The molecule has 2 aromatic carbocycles. The van der Waals surface area contributed by atoms with Gasteiger partial charge < -0.3 is 10.4 Å². The van der Waals surface area contributed by atoms with E-state index in [1.54, 1.807) is 24.3 Å². The molecule has 1 aliphatic heterocycles. The molecular weight excluding hydrogens is 328 g/mol. The Bertz CT molecular complexity index is 887. The van der Waals surface area contributed by atoms with Gasteiger partial charge in [0.05, 0.1) is 18.7 Å². The van der Waals surface area contributed by atoms with Gasteiger partial charge in [-0.05, 0) is 23.8 Å². The van der Waals surface area contributed by atoms with Gasteiger partial charge in [-0.15, -0.1) is 0 Å². The lowest BCUT2D eigenvalue weighted by atomic mass is 9.96. The monoisotopic (exact) mass is 340 g/mol. The number of phenols is 1. The largest absolute Gasteiger partial charge is 0.507 e. The Morgan fingerprint density at radius 1 is 1.38 bits per heavy atom. The van der Waals surface area contributed by atoms with Crippen molar-refractivity contribution < 1.29 is 9.90 Å². The summed E-state index contributed by atoms with van der Waals surface area (Å²) >= 11 is 6.03. The van der Waals surface area contributed by atoms with E-state index in [2.05, 4.69) is 20.5 Å². The summed E-state index contributed by atoms with van der Waals surface area (Å²) in [6, 6.07) is 9.60. The Labute approximate surface area is 143 Å². The van der Waals surface area contributed by atoms with Gasteiger partial charge in [0, 0.05) is 17.1 Å². The Morgan fingerprint density at radius 2 is 2.21 bits per heavy atom. The van der Waals surface area contributed by atoms with E-state index in [0.717, 1.165) is 0 Å². The van der Waals surface area contributed by atoms with E-state index in [9.17, 15) is 9.90 Å². The van der Waals surface area contributed by atoms with E-state index in [1.807, 2.05) is 0 Å². The highest BCUT2D eigenvalue weighted by Gasteiger charge is 2.22. The van der Waals surface area contributed by atoms with E-state index in [-0.39, 0.29) is 17.0 Å². The zero-order valence-corrected chi connectivity index (χ0v) is 13.3. The number of rotatable bonds is 2. The Hall–Kier alpha value is -3.04. The second-order valence-electron chi connectivity index (χ2n) is 5.09. The number of nitrogens with one attached hydrogen (secondary N) is 2. The van der Waals surface area contributed by atoms with Crippen molar-refractivity contribution in [1.82, 2.24) is 10.6 Å². The van der Waals surface area contributed by atoms with Crippen molar-refractivity contribution in [1.29, 1.82) is 0 Å². The van der Waals surface area contributed by atoms with Crippen LogP contribution in [0, 0.1) is 6.57 Å². The van der Waals surface area contributed by atoms with Crippen LogP contribution in [-0.2, 0) is 0 Å². The number of hydrogen-bond acceptors (Lipinski definition) is 4. The summed E-state index contributed by atoms with van der Waals surface area (Å²) in [7, 11) is 0. The van der Waals surface area contributed by atoms with E-state index < -0.39 is 5.91 Å². The first-order valence-corrected chi connectivity index (χ1v) is 7.57. The van der Waals surface area contributed by atoms with Crippen LogP contribution in [0.25, 0.3) is 16.0 Å². The van der Waals surface area contributed by atoms with Crippen LogP contribution in [0.3, 0.4) is 0 Å². The fourth-order valence-electron chi connectivity index (χ4n) is 2.49. The van der Waals surface area contributed by atoms with Gasteiger partial charge in [-0.1, -0.05) is 29.8 Å². The molecule has 0 saturated carbocycles. The fraction of sp³-hybridized carbons (Fsp3) is 0.118. The van der Waals surface area contributed by atoms with E-state index in [0.29, 0.717) is 35.2 Å². The van der Waals surface area contributed by atoms with Gasteiger partial charge in [0.1, 0.15) is 5.75 Å². The minimum Gasteiger partial charge on any atom is -0.507 e. The summed E-state index contributed by atoms with van der Waals surface area (Å²) in [5.41, 5.74) is 1.18. The second kappa shape index (κ2) is 6.60. The molecular formula is C17H13ClN4O2. The van der Waals surface area contributed by atoms with Crippen LogP contribution in [0.4, 0.5) is 5.69 Å². The van der Waals surface area contributed by atoms with Crippen molar-refractivity contribution in [2.24, 2.45) is 4.99 Å². The molecule has 0 atom stereocenters. The fourth-order valence-corrected chi connectivity index (χ4v) is 2.68. The topological polar surface area (TPSA) is 78.1 Å². The minimum atomic E-state index is -0.541. The van der Waals surface area contributed by atoms with Gasteiger partial charge in [-0.25, -0.2) is 4.85 Å².